The van der Waals surface area contributed by atoms with Crippen LogP contribution in [-0.2, 0) is 17.8 Å². The molecule has 2 aromatic rings. The number of ether oxygens (including phenoxy) is 1. The molecule has 7 heteroatoms. The van der Waals surface area contributed by atoms with Gasteiger partial charge in [-0.2, -0.15) is 15.0 Å². The van der Waals surface area contributed by atoms with Gasteiger partial charge in [0.15, 0.2) is 5.82 Å². The van der Waals surface area contributed by atoms with Gasteiger partial charge in [0.1, 0.15) is 0 Å². The van der Waals surface area contributed by atoms with Crippen LogP contribution < -0.4 is 15.0 Å². The van der Waals surface area contributed by atoms with Gasteiger partial charge in [0.25, 0.3) is 0 Å². The predicted octanol–water partition coefficient (Wildman–Crippen LogP) is 2.90. The van der Waals surface area contributed by atoms with Gasteiger partial charge in [-0.1, -0.05) is 30.3 Å². The van der Waals surface area contributed by atoms with E-state index >= 15 is 0 Å². The number of nitrogens with zero attached hydrogens (tertiary/aromatic N) is 4. The smallest absolute Gasteiger partial charge is 0.321 e. The van der Waals surface area contributed by atoms with E-state index in [1.54, 1.807) is 7.11 Å². The molecule has 1 saturated heterocycles. The number of aryl methyl sites for hydroxylation is 1. The number of amides is 1. The van der Waals surface area contributed by atoms with Gasteiger partial charge in [-0.25, -0.2) is 0 Å². The topological polar surface area (TPSA) is 80.2 Å². The highest BCUT2D eigenvalue weighted by atomic mass is 16.5. The summed E-state index contributed by atoms with van der Waals surface area (Å²) in [4.78, 5) is 27.5. The Morgan fingerprint density at radius 2 is 1.86 bits per heavy atom. The van der Waals surface area contributed by atoms with E-state index in [1.807, 2.05) is 18.2 Å². The van der Waals surface area contributed by atoms with Crippen LogP contribution in [0.25, 0.3) is 0 Å². The van der Waals surface area contributed by atoms with Gasteiger partial charge in [-0.15, -0.1) is 0 Å². The van der Waals surface area contributed by atoms with Crippen molar-refractivity contribution < 1.29 is 9.53 Å². The number of hydrogen-bond donors (Lipinski definition) is 1. The van der Waals surface area contributed by atoms with Crippen LogP contribution >= 0.6 is 0 Å². The molecule has 1 N–H and O–H groups in total. The first kappa shape index (κ1) is 20.0. The lowest BCUT2D eigenvalue weighted by Gasteiger charge is -2.26. The molecule has 28 heavy (non-hydrogen) atoms. The first-order chi connectivity index (χ1) is 13.7. The number of methoxy groups -OCH3 is 1. The summed E-state index contributed by atoms with van der Waals surface area (Å²) in [6, 6.07) is 10.6. The Morgan fingerprint density at radius 1 is 1.07 bits per heavy atom. The Kier molecular flexibility index (Phi) is 7.58. The number of rotatable bonds is 9. The summed E-state index contributed by atoms with van der Waals surface area (Å²) in [5.41, 5.74) is 1.31. The largest absolute Gasteiger partial charge is 0.467 e. The molecule has 1 aliphatic rings. The number of benzene rings is 1. The second-order valence-corrected chi connectivity index (χ2v) is 7.06. The molecule has 1 aliphatic heterocycles. The van der Waals surface area contributed by atoms with Gasteiger partial charge in [0.05, 0.1) is 13.7 Å². The van der Waals surface area contributed by atoms with E-state index in [9.17, 15) is 4.79 Å². The lowest BCUT2D eigenvalue weighted by molar-refractivity contribution is -0.121. The number of carbonyl (C=O) groups excluding carboxylic acids is 1. The minimum absolute atomic E-state index is 0.0203. The summed E-state index contributed by atoms with van der Waals surface area (Å²) in [6.07, 6.45) is 6.89. The van der Waals surface area contributed by atoms with Crippen molar-refractivity contribution in [1.82, 2.24) is 20.3 Å². The fraction of sp³-hybridized carbons (Fsp3) is 0.524. The number of anilines is 1. The van der Waals surface area contributed by atoms with E-state index in [4.69, 9.17) is 4.74 Å². The highest BCUT2D eigenvalue weighted by Crippen LogP contribution is 2.17. The monoisotopic (exact) mass is 383 g/mol. The fourth-order valence-electron chi connectivity index (χ4n) is 3.32. The van der Waals surface area contributed by atoms with Crippen LogP contribution in [0.2, 0.25) is 0 Å². The van der Waals surface area contributed by atoms with Crippen LogP contribution in [-0.4, -0.2) is 41.1 Å². The summed E-state index contributed by atoms with van der Waals surface area (Å²) < 4.78 is 5.21. The van der Waals surface area contributed by atoms with Gasteiger partial charge < -0.3 is 15.0 Å². The van der Waals surface area contributed by atoms with Crippen molar-refractivity contribution in [3.8, 4) is 6.01 Å². The maximum atomic E-state index is 12.1. The van der Waals surface area contributed by atoms with Crippen LogP contribution in [0, 0.1) is 0 Å². The second-order valence-electron chi connectivity index (χ2n) is 7.06. The van der Waals surface area contributed by atoms with Gasteiger partial charge in [0, 0.05) is 19.5 Å². The molecule has 0 atom stereocenters. The Balaban J connectivity index is 1.45. The summed E-state index contributed by atoms with van der Waals surface area (Å²) in [7, 11) is 1.55. The third kappa shape index (κ3) is 6.18. The lowest BCUT2D eigenvalue weighted by atomic mass is 10.1. The minimum Gasteiger partial charge on any atom is -0.467 e. The summed E-state index contributed by atoms with van der Waals surface area (Å²) in [6.45, 7) is 2.18. The number of unbranched alkanes of at least 4 members (excludes halogenated alkanes) is 1. The summed E-state index contributed by atoms with van der Waals surface area (Å²) >= 11 is 0. The molecule has 0 spiro atoms. The zero-order valence-corrected chi connectivity index (χ0v) is 16.6. The van der Waals surface area contributed by atoms with Crippen molar-refractivity contribution in [3.63, 3.8) is 0 Å². The Bertz CT molecular complexity index is 748. The van der Waals surface area contributed by atoms with Crippen molar-refractivity contribution in [2.45, 2.75) is 51.5 Å². The van der Waals surface area contributed by atoms with Crippen LogP contribution in [0.5, 0.6) is 6.01 Å². The zero-order valence-electron chi connectivity index (χ0n) is 16.6. The van der Waals surface area contributed by atoms with Gasteiger partial charge in [0.2, 0.25) is 11.9 Å². The molecule has 3 rings (SSSR count). The maximum absolute atomic E-state index is 12.1. The van der Waals surface area contributed by atoms with Crippen LogP contribution in [0.3, 0.4) is 0 Å². The Morgan fingerprint density at radius 3 is 2.61 bits per heavy atom. The number of nitrogens with one attached hydrogen (secondary N) is 1. The van der Waals surface area contributed by atoms with E-state index in [-0.39, 0.29) is 12.5 Å². The van der Waals surface area contributed by atoms with Crippen LogP contribution in [0.1, 0.15) is 49.9 Å². The second kappa shape index (κ2) is 10.6. The van der Waals surface area contributed by atoms with Crippen molar-refractivity contribution >= 4 is 11.9 Å². The standard InChI is InChI=1S/C21H29N5O2/c1-28-21-24-18(23-20(25-21)26-14-8-3-9-15-26)16-22-19(27)13-7-6-12-17-10-4-2-5-11-17/h2,4-5,10-11H,3,6-9,12-16H2,1H3,(H,22,27). The van der Waals surface area contributed by atoms with Gasteiger partial charge in [-0.3, -0.25) is 4.79 Å². The molecule has 0 saturated carbocycles. The summed E-state index contributed by atoms with van der Waals surface area (Å²) in [5, 5.41) is 2.91. The number of hydrogen-bond acceptors (Lipinski definition) is 6. The van der Waals surface area contributed by atoms with Gasteiger partial charge in [-0.05, 0) is 44.1 Å². The van der Waals surface area contributed by atoms with E-state index in [1.165, 1.54) is 12.0 Å². The van der Waals surface area contributed by atoms with Gasteiger partial charge >= 0.3 is 6.01 Å². The third-order valence-corrected chi connectivity index (χ3v) is 4.88. The van der Waals surface area contributed by atoms with Crippen LogP contribution in [0.4, 0.5) is 5.95 Å². The van der Waals surface area contributed by atoms with Crippen molar-refractivity contribution in [3.05, 3.63) is 41.7 Å². The number of aromatic nitrogens is 3. The maximum Gasteiger partial charge on any atom is 0.321 e. The SMILES string of the molecule is COc1nc(CNC(=O)CCCCc2ccccc2)nc(N2CCCCC2)n1. The number of carbonyl (C=O) groups is 1. The first-order valence-corrected chi connectivity index (χ1v) is 10.1. The summed E-state index contributed by atoms with van der Waals surface area (Å²) in [5.74, 6) is 1.19. The molecule has 0 radical (unpaired) electrons. The van der Waals surface area contributed by atoms with Crippen molar-refractivity contribution in [1.29, 1.82) is 0 Å². The first-order valence-electron chi connectivity index (χ1n) is 10.1. The van der Waals surface area contributed by atoms with Crippen molar-refractivity contribution in [2.24, 2.45) is 0 Å². The van der Waals surface area contributed by atoms with E-state index < -0.39 is 0 Å². The Hall–Kier alpha value is -2.70. The van der Waals surface area contributed by atoms with Crippen molar-refractivity contribution in [2.75, 3.05) is 25.1 Å². The third-order valence-electron chi connectivity index (χ3n) is 4.88. The van der Waals surface area contributed by atoms with Crippen LogP contribution in [0.15, 0.2) is 30.3 Å². The molecular formula is C21H29N5O2. The molecule has 1 aromatic heterocycles. The molecule has 0 bridgehead atoms. The molecule has 2 heterocycles. The molecule has 0 unspecified atom stereocenters. The lowest BCUT2D eigenvalue weighted by Crippen LogP contribution is -2.32. The molecular weight excluding hydrogens is 354 g/mol. The molecule has 1 amide bonds. The zero-order chi connectivity index (χ0) is 19.6. The molecule has 1 fully saturated rings. The van der Waals surface area contributed by atoms with E-state index in [2.05, 4.69) is 37.3 Å². The average Bonchev–Trinajstić information content (AvgIpc) is 2.76. The highest BCUT2D eigenvalue weighted by molar-refractivity contribution is 5.75. The highest BCUT2D eigenvalue weighted by Gasteiger charge is 2.16. The Labute approximate surface area is 166 Å². The number of piperidine rings is 1. The minimum atomic E-state index is 0.0203. The average molecular weight is 383 g/mol. The molecule has 150 valence electrons. The molecule has 0 aliphatic carbocycles. The fourth-order valence-corrected chi connectivity index (χ4v) is 3.32. The normalized spacial score (nSPS) is 14.0. The molecule has 7 nitrogen and oxygen atoms in total. The van der Waals surface area contributed by atoms with E-state index in [0.29, 0.717) is 24.2 Å². The van der Waals surface area contributed by atoms with E-state index in [0.717, 1.165) is 45.2 Å². The predicted molar refractivity (Wildman–Crippen MR) is 108 cm³/mol. The quantitative estimate of drug-likeness (QED) is 0.671. The molecule has 1 aromatic carbocycles.